The number of H-pyrrole nitrogens is 2. The van der Waals surface area contributed by atoms with E-state index in [-0.39, 0.29) is 0 Å². The maximum absolute atomic E-state index is 4.56. The van der Waals surface area contributed by atoms with Crippen LogP contribution in [-0.4, -0.2) is 58.8 Å². The number of aromatic nitrogens is 8. The molecule has 0 fully saturated rings. The molecule has 33 heavy (non-hydrogen) atoms. The van der Waals surface area contributed by atoms with Crippen molar-refractivity contribution >= 4 is 60.0 Å². The summed E-state index contributed by atoms with van der Waals surface area (Å²) in [5, 5.41) is 0. The summed E-state index contributed by atoms with van der Waals surface area (Å²) in [6.45, 7) is 0. The Morgan fingerprint density at radius 2 is 1.00 bits per heavy atom. The third kappa shape index (κ3) is 3.44. The van der Waals surface area contributed by atoms with Crippen molar-refractivity contribution < 1.29 is 0 Å². The van der Waals surface area contributed by atoms with Gasteiger partial charge < -0.3 is 0 Å². The van der Waals surface area contributed by atoms with Gasteiger partial charge >= 0.3 is 193 Å². The molecule has 4 N–H and O–H groups in total. The van der Waals surface area contributed by atoms with Crippen molar-refractivity contribution in [1.29, 1.82) is 0 Å². The Labute approximate surface area is 192 Å². The van der Waals surface area contributed by atoms with Gasteiger partial charge in [0, 0.05) is 0 Å². The first kappa shape index (κ1) is 19.6. The number of aromatic amines is 2. The molecule has 0 bridgehead atoms. The molecule has 0 unspecified atom stereocenters. The summed E-state index contributed by atoms with van der Waals surface area (Å²) in [5.74, 6) is 1.31. The standard InChI is InChI=1S/2C6H5.2C5H4N5.Sn/c2*1-2-4-6-5-3-1;2*6-4-3-5(9-1-7-3)10-2-8-4;/h2*1-5H;2*1-2H,(H2-,6,7,8,9,10);/q;;2*-1;+2. The molecular weight excluding hydrogens is 523 g/mol. The molecule has 0 atom stereocenters. The van der Waals surface area contributed by atoms with E-state index in [2.05, 4.69) is 71.2 Å². The molecule has 0 aliphatic carbocycles. The van der Waals surface area contributed by atoms with Crippen molar-refractivity contribution in [3.05, 3.63) is 86.0 Å². The number of nitrogens with one attached hydrogen (secondary N) is 4. The van der Waals surface area contributed by atoms with Crippen LogP contribution in [0.1, 0.15) is 0 Å². The van der Waals surface area contributed by atoms with Crippen molar-refractivity contribution in [3.63, 3.8) is 0 Å². The summed E-state index contributed by atoms with van der Waals surface area (Å²) >= 11 is -4.04. The quantitative estimate of drug-likeness (QED) is 0.235. The third-order valence-corrected chi connectivity index (χ3v) is 15.8. The van der Waals surface area contributed by atoms with Crippen LogP contribution in [0.4, 0.5) is 11.6 Å². The second-order valence-corrected chi connectivity index (χ2v) is 16.4. The van der Waals surface area contributed by atoms with E-state index in [0.29, 0.717) is 34.0 Å². The summed E-state index contributed by atoms with van der Waals surface area (Å²) in [7, 11) is 0. The van der Waals surface area contributed by atoms with Gasteiger partial charge in [-0.2, -0.15) is 0 Å². The number of nitrogens with zero attached hydrogens (tertiary/aromatic N) is 6. The minimum atomic E-state index is -4.04. The van der Waals surface area contributed by atoms with E-state index in [4.69, 9.17) is 0 Å². The SMILES string of the molecule is c1cc[c]([Sn]([NH]c2ncnc3[nH]cnc23)([NH]c2ncnc3[nH]cnc23)[c]2ccccc2)cc1. The Kier molecular flexibility index (Phi) is 4.83. The van der Waals surface area contributed by atoms with E-state index in [9.17, 15) is 0 Å². The van der Waals surface area contributed by atoms with Gasteiger partial charge in [0.25, 0.3) is 0 Å². The topological polar surface area (TPSA) is 133 Å². The van der Waals surface area contributed by atoms with Gasteiger partial charge in [-0.3, -0.25) is 0 Å². The van der Waals surface area contributed by atoms with Crippen LogP contribution >= 0.6 is 0 Å². The minimum absolute atomic E-state index is 0.657. The molecule has 4 heterocycles. The van der Waals surface area contributed by atoms with Gasteiger partial charge in [0.15, 0.2) is 0 Å². The van der Waals surface area contributed by atoms with Crippen LogP contribution in [-0.2, 0) is 0 Å². The molecule has 0 radical (unpaired) electrons. The van der Waals surface area contributed by atoms with E-state index in [1.807, 2.05) is 36.4 Å². The van der Waals surface area contributed by atoms with Crippen molar-refractivity contribution in [1.82, 2.24) is 39.9 Å². The summed E-state index contributed by atoms with van der Waals surface area (Å²) in [5.41, 5.74) is 2.70. The molecule has 0 saturated carbocycles. The summed E-state index contributed by atoms with van der Waals surface area (Å²) in [4.78, 5) is 32.8. The average Bonchev–Trinajstić information content (AvgIpc) is 3.55. The third-order valence-electron chi connectivity index (χ3n) is 5.46. The number of fused-ring (bicyclic) bond motifs is 2. The molecule has 0 spiro atoms. The normalized spacial score (nSPS) is 11.6. The summed E-state index contributed by atoms with van der Waals surface area (Å²) in [6.07, 6.45) is 6.31. The fourth-order valence-corrected chi connectivity index (χ4v) is 13.7. The van der Waals surface area contributed by atoms with Crippen LogP contribution in [0.3, 0.4) is 0 Å². The number of imidazole rings is 2. The van der Waals surface area contributed by atoms with Gasteiger partial charge in [-0.25, -0.2) is 0 Å². The van der Waals surface area contributed by atoms with Crippen molar-refractivity contribution in [3.8, 4) is 0 Å². The van der Waals surface area contributed by atoms with Gasteiger partial charge in [-0.05, 0) is 0 Å². The fourth-order valence-electron chi connectivity index (χ4n) is 3.93. The molecule has 160 valence electrons. The van der Waals surface area contributed by atoms with Gasteiger partial charge in [-0.1, -0.05) is 0 Å². The first-order valence-electron chi connectivity index (χ1n) is 10.3. The molecular formula is C22H18N10Sn. The Morgan fingerprint density at radius 3 is 1.45 bits per heavy atom. The second kappa shape index (κ2) is 8.13. The monoisotopic (exact) mass is 542 g/mol. The van der Waals surface area contributed by atoms with Crippen molar-refractivity contribution in [2.45, 2.75) is 0 Å². The molecule has 0 aliphatic heterocycles. The van der Waals surface area contributed by atoms with Crippen LogP contribution in [0.15, 0.2) is 86.0 Å². The number of hydrogen-bond acceptors (Lipinski definition) is 8. The zero-order chi connectivity index (χ0) is 22.1. The average molecular weight is 541 g/mol. The molecule has 11 heteroatoms. The maximum atomic E-state index is 4.56. The zero-order valence-corrected chi connectivity index (χ0v) is 20.1. The van der Waals surface area contributed by atoms with Crippen LogP contribution in [0.2, 0.25) is 0 Å². The van der Waals surface area contributed by atoms with Crippen LogP contribution in [0, 0.1) is 0 Å². The van der Waals surface area contributed by atoms with Crippen LogP contribution in [0.25, 0.3) is 22.3 Å². The number of anilines is 2. The van der Waals surface area contributed by atoms with Gasteiger partial charge in [-0.15, -0.1) is 0 Å². The summed E-state index contributed by atoms with van der Waals surface area (Å²) in [6, 6.07) is 20.7. The molecule has 6 aromatic rings. The Morgan fingerprint density at radius 1 is 0.545 bits per heavy atom. The molecule has 6 rings (SSSR count). The van der Waals surface area contributed by atoms with E-state index < -0.39 is 18.9 Å². The molecule has 2 aromatic carbocycles. The van der Waals surface area contributed by atoms with E-state index in [0.717, 1.165) is 7.16 Å². The second-order valence-electron chi connectivity index (χ2n) is 7.38. The number of hydrogen-bond donors (Lipinski definition) is 4. The zero-order valence-electron chi connectivity index (χ0n) is 17.3. The van der Waals surface area contributed by atoms with Crippen LogP contribution < -0.4 is 14.2 Å². The number of benzene rings is 2. The first-order valence-corrected chi connectivity index (χ1v) is 16.0. The van der Waals surface area contributed by atoms with Gasteiger partial charge in [0.1, 0.15) is 0 Å². The Balaban J connectivity index is 1.61. The van der Waals surface area contributed by atoms with Gasteiger partial charge in [0.05, 0.1) is 0 Å². The molecule has 4 aromatic heterocycles. The Hall–Kier alpha value is -4.06. The first-order chi connectivity index (χ1) is 16.3. The van der Waals surface area contributed by atoms with Gasteiger partial charge in [0.2, 0.25) is 0 Å². The molecule has 0 saturated heterocycles. The predicted molar refractivity (Wildman–Crippen MR) is 129 cm³/mol. The number of rotatable bonds is 6. The summed E-state index contributed by atoms with van der Waals surface area (Å²) < 4.78 is 9.96. The van der Waals surface area contributed by atoms with E-state index >= 15 is 0 Å². The molecule has 0 amide bonds. The van der Waals surface area contributed by atoms with Crippen LogP contribution in [0.5, 0.6) is 0 Å². The predicted octanol–water partition coefficient (Wildman–Crippen LogP) is 1.80. The Bertz CT molecular complexity index is 1410. The molecule has 0 aliphatic rings. The van der Waals surface area contributed by atoms with E-state index in [1.54, 1.807) is 12.7 Å². The van der Waals surface area contributed by atoms with Crippen molar-refractivity contribution in [2.75, 3.05) is 7.08 Å². The molecule has 10 nitrogen and oxygen atoms in total. The van der Waals surface area contributed by atoms with E-state index in [1.165, 1.54) is 12.7 Å². The fraction of sp³-hybridized carbons (Fsp3) is 0. The van der Waals surface area contributed by atoms with Crippen molar-refractivity contribution in [2.24, 2.45) is 0 Å².